The number of carbonyl (C=O) groups is 1. The van der Waals surface area contributed by atoms with Crippen LogP contribution in [0.25, 0.3) is 0 Å². The van der Waals surface area contributed by atoms with Gasteiger partial charge in [0.05, 0.1) is 0 Å². The Morgan fingerprint density at radius 1 is 1.35 bits per heavy atom. The first kappa shape index (κ1) is 17.0. The summed E-state index contributed by atoms with van der Waals surface area (Å²) < 4.78 is 0. The van der Waals surface area contributed by atoms with Crippen LogP contribution in [-0.4, -0.2) is 25.5 Å². The van der Waals surface area contributed by atoms with E-state index in [4.69, 9.17) is 0 Å². The van der Waals surface area contributed by atoms with Crippen LogP contribution in [-0.2, 0) is 0 Å². The zero-order chi connectivity index (χ0) is 13.7. The Hall–Kier alpha value is -1.06. The molecule has 0 spiro atoms. The summed E-state index contributed by atoms with van der Waals surface area (Å²) in [5, 5.41) is 6.33. The third kappa shape index (κ3) is 4.22. The van der Waals surface area contributed by atoms with Crippen LogP contribution >= 0.6 is 12.4 Å². The molecule has 0 radical (unpaired) electrons. The SMILES string of the molecule is CCCNC(=O)c1ccc(C2CCNCC2)cc1C.Cl. The summed E-state index contributed by atoms with van der Waals surface area (Å²) in [5.74, 6) is 0.698. The van der Waals surface area contributed by atoms with E-state index < -0.39 is 0 Å². The predicted molar refractivity (Wildman–Crippen MR) is 85.9 cm³/mol. The molecule has 1 fully saturated rings. The van der Waals surface area contributed by atoms with Crippen molar-refractivity contribution in [3.8, 4) is 0 Å². The highest BCUT2D eigenvalue weighted by Crippen LogP contribution is 2.26. The molecule has 0 atom stereocenters. The van der Waals surface area contributed by atoms with E-state index in [9.17, 15) is 4.79 Å². The molecule has 1 aliphatic heterocycles. The number of nitrogens with one attached hydrogen (secondary N) is 2. The summed E-state index contributed by atoms with van der Waals surface area (Å²) in [6.45, 7) is 7.04. The Labute approximate surface area is 127 Å². The van der Waals surface area contributed by atoms with E-state index in [2.05, 4.69) is 29.7 Å². The fraction of sp³-hybridized carbons (Fsp3) is 0.562. The number of hydrogen-bond donors (Lipinski definition) is 2. The van der Waals surface area contributed by atoms with Crippen molar-refractivity contribution >= 4 is 18.3 Å². The Bertz CT molecular complexity index is 442. The molecule has 0 aliphatic carbocycles. The highest BCUT2D eigenvalue weighted by molar-refractivity contribution is 5.95. The number of carbonyl (C=O) groups excluding carboxylic acids is 1. The molecule has 1 aliphatic rings. The monoisotopic (exact) mass is 296 g/mol. The Kier molecular flexibility index (Phi) is 7.03. The van der Waals surface area contributed by atoms with Crippen molar-refractivity contribution in [2.24, 2.45) is 0 Å². The van der Waals surface area contributed by atoms with Gasteiger partial charge in [0.2, 0.25) is 0 Å². The number of amides is 1. The summed E-state index contributed by atoms with van der Waals surface area (Å²) in [5.41, 5.74) is 3.28. The van der Waals surface area contributed by atoms with Crippen molar-refractivity contribution < 1.29 is 4.79 Å². The number of benzene rings is 1. The number of aryl methyl sites for hydroxylation is 1. The van der Waals surface area contributed by atoms with Gasteiger partial charge in [0.1, 0.15) is 0 Å². The van der Waals surface area contributed by atoms with Crippen molar-refractivity contribution in [3.63, 3.8) is 0 Å². The van der Waals surface area contributed by atoms with E-state index in [1.165, 1.54) is 18.4 Å². The molecular formula is C16H25ClN2O. The van der Waals surface area contributed by atoms with Crippen molar-refractivity contribution in [1.29, 1.82) is 0 Å². The van der Waals surface area contributed by atoms with Gasteiger partial charge in [0, 0.05) is 12.1 Å². The average molecular weight is 297 g/mol. The molecule has 3 nitrogen and oxygen atoms in total. The van der Waals surface area contributed by atoms with Gasteiger partial charge in [-0.1, -0.05) is 19.1 Å². The smallest absolute Gasteiger partial charge is 0.251 e. The molecule has 0 aromatic heterocycles. The first-order chi connectivity index (χ1) is 9.22. The van der Waals surface area contributed by atoms with Crippen molar-refractivity contribution in [3.05, 3.63) is 34.9 Å². The fourth-order valence-corrected chi connectivity index (χ4v) is 2.68. The molecule has 0 unspecified atom stereocenters. The van der Waals surface area contributed by atoms with Crippen LogP contribution in [0.5, 0.6) is 0 Å². The van der Waals surface area contributed by atoms with Crippen LogP contribution in [0.3, 0.4) is 0 Å². The highest BCUT2D eigenvalue weighted by atomic mass is 35.5. The lowest BCUT2D eigenvalue weighted by Gasteiger charge is -2.23. The van der Waals surface area contributed by atoms with Gasteiger partial charge in [0.15, 0.2) is 0 Å². The van der Waals surface area contributed by atoms with Gasteiger partial charge in [-0.2, -0.15) is 0 Å². The molecule has 2 rings (SSSR count). The topological polar surface area (TPSA) is 41.1 Å². The van der Waals surface area contributed by atoms with Gasteiger partial charge in [-0.25, -0.2) is 0 Å². The molecule has 112 valence electrons. The highest BCUT2D eigenvalue weighted by Gasteiger charge is 2.17. The summed E-state index contributed by atoms with van der Waals surface area (Å²) in [6, 6.07) is 6.30. The summed E-state index contributed by atoms with van der Waals surface area (Å²) >= 11 is 0. The van der Waals surface area contributed by atoms with Crippen molar-refractivity contribution in [2.45, 2.75) is 39.0 Å². The minimum absolute atomic E-state index is 0. The maximum atomic E-state index is 12.0. The number of piperidine rings is 1. The molecule has 2 N–H and O–H groups in total. The standard InChI is InChI=1S/C16H24N2O.ClH/c1-3-8-18-16(19)15-5-4-14(11-12(15)2)13-6-9-17-10-7-13;/h4-5,11,13,17H,3,6-10H2,1-2H3,(H,18,19);1H. The Balaban J connectivity index is 0.00000200. The largest absolute Gasteiger partial charge is 0.352 e. The van der Waals surface area contributed by atoms with Crippen LogP contribution in [0.1, 0.15) is 53.6 Å². The number of halogens is 1. The minimum atomic E-state index is 0. The van der Waals surface area contributed by atoms with E-state index in [1.807, 2.05) is 13.0 Å². The average Bonchev–Trinajstić information content (AvgIpc) is 2.45. The third-order valence-electron chi connectivity index (χ3n) is 3.84. The van der Waals surface area contributed by atoms with E-state index in [0.29, 0.717) is 5.92 Å². The molecule has 1 aromatic carbocycles. The molecule has 1 saturated heterocycles. The van der Waals surface area contributed by atoms with Gasteiger partial charge < -0.3 is 10.6 Å². The third-order valence-corrected chi connectivity index (χ3v) is 3.84. The maximum Gasteiger partial charge on any atom is 0.251 e. The molecule has 20 heavy (non-hydrogen) atoms. The minimum Gasteiger partial charge on any atom is -0.352 e. The van der Waals surface area contributed by atoms with Crippen LogP contribution in [0.15, 0.2) is 18.2 Å². The number of rotatable bonds is 4. The van der Waals surface area contributed by atoms with Crippen molar-refractivity contribution in [1.82, 2.24) is 10.6 Å². The second kappa shape index (κ2) is 8.28. The zero-order valence-electron chi connectivity index (χ0n) is 12.4. The van der Waals surface area contributed by atoms with E-state index in [0.717, 1.165) is 37.2 Å². The molecule has 0 bridgehead atoms. The second-order valence-electron chi connectivity index (χ2n) is 5.35. The predicted octanol–water partition coefficient (Wildman–Crippen LogP) is 3.02. The summed E-state index contributed by atoms with van der Waals surface area (Å²) in [7, 11) is 0. The van der Waals surface area contributed by atoms with Gasteiger partial charge in [0.25, 0.3) is 5.91 Å². The van der Waals surface area contributed by atoms with E-state index >= 15 is 0 Å². The van der Waals surface area contributed by atoms with Crippen LogP contribution in [0, 0.1) is 6.92 Å². The van der Waals surface area contributed by atoms with E-state index in [1.54, 1.807) is 0 Å². The maximum absolute atomic E-state index is 12.0. The van der Waals surface area contributed by atoms with Gasteiger partial charge in [-0.05, 0) is 62.4 Å². The fourth-order valence-electron chi connectivity index (χ4n) is 2.68. The van der Waals surface area contributed by atoms with Crippen LogP contribution in [0.2, 0.25) is 0 Å². The first-order valence-corrected chi connectivity index (χ1v) is 7.32. The molecule has 4 heteroatoms. The lowest BCUT2D eigenvalue weighted by atomic mass is 9.88. The van der Waals surface area contributed by atoms with Gasteiger partial charge in [-0.15, -0.1) is 12.4 Å². The lowest BCUT2D eigenvalue weighted by molar-refractivity contribution is 0.0953. The van der Waals surface area contributed by atoms with Crippen LogP contribution in [0.4, 0.5) is 0 Å². The Morgan fingerprint density at radius 3 is 2.65 bits per heavy atom. The van der Waals surface area contributed by atoms with Gasteiger partial charge >= 0.3 is 0 Å². The summed E-state index contributed by atoms with van der Waals surface area (Å²) in [6.07, 6.45) is 3.36. The Morgan fingerprint density at radius 2 is 2.05 bits per heavy atom. The molecule has 0 saturated carbocycles. The molecule has 1 heterocycles. The molecular weight excluding hydrogens is 272 g/mol. The quantitative estimate of drug-likeness (QED) is 0.897. The van der Waals surface area contributed by atoms with E-state index in [-0.39, 0.29) is 18.3 Å². The lowest BCUT2D eigenvalue weighted by Crippen LogP contribution is -2.27. The number of hydrogen-bond acceptors (Lipinski definition) is 2. The molecule has 1 aromatic rings. The summed E-state index contributed by atoms with van der Waals surface area (Å²) in [4.78, 5) is 12.0. The van der Waals surface area contributed by atoms with Gasteiger partial charge in [-0.3, -0.25) is 4.79 Å². The second-order valence-corrected chi connectivity index (χ2v) is 5.35. The first-order valence-electron chi connectivity index (χ1n) is 7.32. The van der Waals surface area contributed by atoms with Crippen LogP contribution < -0.4 is 10.6 Å². The molecule has 1 amide bonds. The zero-order valence-corrected chi connectivity index (χ0v) is 13.2. The normalized spacial score (nSPS) is 15.5. The van der Waals surface area contributed by atoms with Crippen molar-refractivity contribution in [2.75, 3.05) is 19.6 Å².